The minimum atomic E-state index is 0.666. The van der Waals surface area contributed by atoms with Crippen molar-refractivity contribution in [3.8, 4) is 11.5 Å². The number of oxazole rings is 1. The molecule has 1 aromatic heterocycles. The van der Waals surface area contributed by atoms with E-state index in [1.165, 1.54) is 0 Å². The number of hydrogen-bond acceptors (Lipinski definition) is 2. The van der Waals surface area contributed by atoms with Crippen LogP contribution in [0.4, 0.5) is 0 Å². The topological polar surface area (TPSA) is 26.0 Å². The molecule has 0 N–H and O–H groups in total. The lowest BCUT2D eigenvalue weighted by molar-refractivity contribution is 0.574. The molecule has 13 heavy (non-hydrogen) atoms. The summed E-state index contributed by atoms with van der Waals surface area (Å²) in [5.74, 6) is 0.666. The van der Waals surface area contributed by atoms with Crippen LogP contribution in [0.2, 0.25) is 0 Å². The molecule has 0 aliphatic carbocycles. The molecule has 2 aromatic rings. The molecule has 2 nitrogen and oxygen atoms in total. The largest absolute Gasteiger partial charge is 0.445 e. The summed E-state index contributed by atoms with van der Waals surface area (Å²) >= 11 is 3.41. The third kappa shape index (κ3) is 1.65. The zero-order valence-electron chi connectivity index (χ0n) is 7.12. The number of nitrogens with zero attached hydrogens (tertiary/aromatic N) is 1. The Labute approximate surface area is 84.7 Å². The van der Waals surface area contributed by atoms with E-state index >= 15 is 0 Å². The SMILES string of the molecule is Cc1ccc(Br)cc1-c1ncco1. The van der Waals surface area contributed by atoms with Gasteiger partial charge in [0, 0.05) is 10.0 Å². The van der Waals surface area contributed by atoms with Crippen molar-refractivity contribution in [2.24, 2.45) is 0 Å². The lowest BCUT2D eigenvalue weighted by atomic mass is 10.1. The Morgan fingerprint density at radius 3 is 2.92 bits per heavy atom. The van der Waals surface area contributed by atoms with Crippen molar-refractivity contribution in [2.45, 2.75) is 6.92 Å². The second-order valence-corrected chi connectivity index (χ2v) is 3.71. The first-order valence-electron chi connectivity index (χ1n) is 3.93. The van der Waals surface area contributed by atoms with Gasteiger partial charge in [-0.2, -0.15) is 0 Å². The van der Waals surface area contributed by atoms with E-state index in [1.807, 2.05) is 25.1 Å². The Kier molecular flexibility index (Phi) is 2.19. The molecule has 0 radical (unpaired) electrons. The second-order valence-electron chi connectivity index (χ2n) is 2.80. The minimum Gasteiger partial charge on any atom is -0.445 e. The number of aryl methyl sites for hydroxylation is 1. The van der Waals surface area contributed by atoms with Crippen molar-refractivity contribution in [2.75, 3.05) is 0 Å². The molecule has 0 spiro atoms. The molecular formula is C10H8BrNO. The highest BCUT2D eigenvalue weighted by Gasteiger charge is 2.05. The molecule has 66 valence electrons. The van der Waals surface area contributed by atoms with Gasteiger partial charge in [-0.25, -0.2) is 4.98 Å². The first kappa shape index (κ1) is 8.51. The van der Waals surface area contributed by atoms with Gasteiger partial charge in [0.25, 0.3) is 0 Å². The van der Waals surface area contributed by atoms with Crippen LogP contribution in [0.15, 0.2) is 39.5 Å². The van der Waals surface area contributed by atoms with Crippen molar-refractivity contribution in [1.82, 2.24) is 4.98 Å². The van der Waals surface area contributed by atoms with Gasteiger partial charge in [0.15, 0.2) is 0 Å². The summed E-state index contributed by atoms with van der Waals surface area (Å²) in [6, 6.07) is 6.03. The van der Waals surface area contributed by atoms with Gasteiger partial charge in [0.05, 0.1) is 6.20 Å². The van der Waals surface area contributed by atoms with Crippen LogP contribution < -0.4 is 0 Å². The van der Waals surface area contributed by atoms with E-state index in [0.717, 1.165) is 15.6 Å². The Bertz CT molecular complexity index is 409. The molecule has 0 unspecified atom stereocenters. The van der Waals surface area contributed by atoms with E-state index in [0.29, 0.717) is 5.89 Å². The monoisotopic (exact) mass is 237 g/mol. The van der Waals surface area contributed by atoms with Gasteiger partial charge in [-0.15, -0.1) is 0 Å². The van der Waals surface area contributed by atoms with Crippen molar-refractivity contribution in [3.05, 3.63) is 40.7 Å². The summed E-state index contributed by atoms with van der Waals surface area (Å²) < 4.78 is 6.26. The maximum absolute atomic E-state index is 5.22. The lowest BCUT2D eigenvalue weighted by Gasteiger charge is -2.01. The highest BCUT2D eigenvalue weighted by Crippen LogP contribution is 2.24. The highest BCUT2D eigenvalue weighted by molar-refractivity contribution is 9.10. The lowest BCUT2D eigenvalue weighted by Crippen LogP contribution is -1.82. The Hall–Kier alpha value is -1.09. The first-order chi connectivity index (χ1) is 6.27. The Morgan fingerprint density at radius 2 is 2.23 bits per heavy atom. The zero-order chi connectivity index (χ0) is 9.26. The Balaban J connectivity index is 2.57. The summed E-state index contributed by atoms with van der Waals surface area (Å²) in [5, 5.41) is 0. The number of aromatic nitrogens is 1. The van der Waals surface area contributed by atoms with E-state index in [4.69, 9.17) is 4.42 Å². The average Bonchev–Trinajstić information content (AvgIpc) is 2.61. The van der Waals surface area contributed by atoms with Crippen LogP contribution in [0.5, 0.6) is 0 Å². The molecule has 1 heterocycles. The molecule has 0 aliphatic heterocycles. The minimum absolute atomic E-state index is 0.666. The van der Waals surface area contributed by atoms with Crippen molar-refractivity contribution in [1.29, 1.82) is 0 Å². The molecule has 0 bridgehead atoms. The fraction of sp³-hybridized carbons (Fsp3) is 0.100. The maximum Gasteiger partial charge on any atom is 0.226 e. The van der Waals surface area contributed by atoms with Crippen LogP contribution in [0, 0.1) is 6.92 Å². The fourth-order valence-corrected chi connectivity index (χ4v) is 1.54. The first-order valence-corrected chi connectivity index (χ1v) is 4.72. The Morgan fingerprint density at radius 1 is 1.38 bits per heavy atom. The quantitative estimate of drug-likeness (QED) is 0.760. The molecule has 0 saturated carbocycles. The third-order valence-corrected chi connectivity index (χ3v) is 2.36. The predicted molar refractivity (Wildman–Crippen MR) is 54.4 cm³/mol. The van der Waals surface area contributed by atoms with E-state index in [9.17, 15) is 0 Å². The van der Waals surface area contributed by atoms with Gasteiger partial charge in [0.1, 0.15) is 6.26 Å². The molecule has 0 fully saturated rings. The predicted octanol–water partition coefficient (Wildman–Crippen LogP) is 3.41. The highest BCUT2D eigenvalue weighted by atomic mass is 79.9. The summed E-state index contributed by atoms with van der Waals surface area (Å²) in [5.41, 5.74) is 2.19. The van der Waals surface area contributed by atoms with Crippen LogP contribution in [-0.2, 0) is 0 Å². The molecule has 0 amide bonds. The van der Waals surface area contributed by atoms with Crippen LogP contribution in [0.25, 0.3) is 11.5 Å². The van der Waals surface area contributed by atoms with Gasteiger partial charge in [-0.1, -0.05) is 22.0 Å². The van der Waals surface area contributed by atoms with Gasteiger partial charge in [-0.3, -0.25) is 0 Å². The van der Waals surface area contributed by atoms with Crippen LogP contribution in [-0.4, -0.2) is 4.98 Å². The molecule has 1 aromatic carbocycles. The molecular weight excluding hydrogens is 230 g/mol. The van der Waals surface area contributed by atoms with Crippen LogP contribution in [0.1, 0.15) is 5.56 Å². The van der Waals surface area contributed by atoms with Crippen LogP contribution >= 0.6 is 15.9 Å². The van der Waals surface area contributed by atoms with E-state index in [2.05, 4.69) is 20.9 Å². The maximum atomic E-state index is 5.22. The molecule has 0 saturated heterocycles. The summed E-state index contributed by atoms with van der Waals surface area (Å²) in [6.07, 6.45) is 3.23. The zero-order valence-corrected chi connectivity index (χ0v) is 8.71. The second kappa shape index (κ2) is 3.34. The van der Waals surface area contributed by atoms with Gasteiger partial charge in [0.2, 0.25) is 5.89 Å². The average molecular weight is 238 g/mol. The third-order valence-electron chi connectivity index (χ3n) is 1.86. The molecule has 3 heteroatoms. The van der Waals surface area contributed by atoms with Gasteiger partial charge >= 0.3 is 0 Å². The van der Waals surface area contributed by atoms with E-state index < -0.39 is 0 Å². The van der Waals surface area contributed by atoms with Crippen LogP contribution in [0.3, 0.4) is 0 Å². The standard InChI is InChI=1S/C10H8BrNO/c1-7-2-3-8(11)6-9(7)10-12-4-5-13-10/h2-6H,1H3. The fourth-order valence-electron chi connectivity index (χ4n) is 1.18. The van der Waals surface area contributed by atoms with Gasteiger partial charge in [-0.05, 0) is 24.6 Å². The summed E-state index contributed by atoms with van der Waals surface area (Å²) in [4.78, 5) is 4.10. The summed E-state index contributed by atoms with van der Waals surface area (Å²) in [6.45, 7) is 2.03. The molecule has 0 aliphatic rings. The number of halogens is 1. The molecule has 0 atom stereocenters. The number of rotatable bonds is 1. The van der Waals surface area contributed by atoms with Gasteiger partial charge < -0.3 is 4.42 Å². The summed E-state index contributed by atoms with van der Waals surface area (Å²) in [7, 11) is 0. The number of benzene rings is 1. The van der Waals surface area contributed by atoms with E-state index in [1.54, 1.807) is 12.5 Å². The van der Waals surface area contributed by atoms with E-state index in [-0.39, 0.29) is 0 Å². The normalized spacial score (nSPS) is 10.3. The van der Waals surface area contributed by atoms with Crippen molar-refractivity contribution >= 4 is 15.9 Å². The smallest absolute Gasteiger partial charge is 0.226 e. The van der Waals surface area contributed by atoms with Crippen molar-refractivity contribution < 1.29 is 4.42 Å². The molecule has 2 rings (SSSR count). The van der Waals surface area contributed by atoms with Crippen molar-refractivity contribution in [3.63, 3.8) is 0 Å². The number of hydrogen-bond donors (Lipinski definition) is 0.